The number of hydrogen-bond acceptors (Lipinski definition) is 8. The van der Waals surface area contributed by atoms with E-state index in [1.54, 1.807) is 19.4 Å². The molecule has 7 rings (SSSR count). The first kappa shape index (κ1) is 27.4. The largest absolute Gasteiger partial charge is 0.496 e. The predicted molar refractivity (Wildman–Crippen MR) is 161 cm³/mol. The van der Waals surface area contributed by atoms with Gasteiger partial charge in [0.05, 0.1) is 31.5 Å². The number of aromatic nitrogens is 1. The molecule has 0 spiro atoms. The number of likely N-dealkylation sites (tertiary alicyclic amines) is 1. The number of nitrogens with zero attached hydrogens (tertiary/aromatic N) is 3. The summed E-state index contributed by atoms with van der Waals surface area (Å²) in [4.78, 5) is 20.0. The lowest BCUT2D eigenvalue weighted by Gasteiger charge is -2.52. The van der Waals surface area contributed by atoms with Crippen molar-refractivity contribution in [3.05, 3.63) is 65.9 Å². The van der Waals surface area contributed by atoms with Gasteiger partial charge in [0.1, 0.15) is 34.9 Å². The lowest BCUT2D eigenvalue weighted by atomic mass is 9.66. The van der Waals surface area contributed by atoms with Crippen molar-refractivity contribution in [3.8, 4) is 40.0 Å². The molecule has 0 radical (unpaired) electrons. The SMILES string of the molecule is COc1cc(C(=O)N[C@H]2[C@@H]3C[C@H]2CN(C)C3)ccc1-c1cc2nccc(-c3ccc(OC4CCOCC4)c(C#N)c3)c2o1. The topological polar surface area (TPSA) is 110 Å². The summed E-state index contributed by atoms with van der Waals surface area (Å²) in [6.45, 7) is 3.39. The third kappa shape index (κ3) is 5.22. The van der Waals surface area contributed by atoms with E-state index in [0.717, 1.165) is 42.6 Å². The quantitative estimate of drug-likeness (QED) is 0.316. The Morgan fingerprint density at radius 3 is 2.63 bits per heavy atom. The third-order valence-electron chi connectivity index (χ3n) is 9.03. The highest BCUT2D eigenvalue weighted by Gasteiger charge is 2.46. The van der Waals surface area contributed by atoms with E-state index in [1.165, 1.54) is 6.42 Å². The highest BCUT2D eigenvalue weighted by atomic mass is 16.5. The minimum absolute atomic E-state index is 0.0410. The summed E-state index contributed by atoms with van der Waals surface area (Å²) in [5.41, 5.74) is 4.67. The maximum Gasteiger partial charge on any atom is 0.251 e. The number of nitrogens with one attached hydrogen (secondary N) is 1. The van der Waals surface area contributed by atoms with E-state index >= 15 is 0 Å². The van der Waals surface area contributed by atoms with Gasteiger partial charge in [-0.1, -0.05) is 6.07 Å². The van der Waals surface area contributed by atoms with E-state index in [1.807, 2.05) is 42.5 Å². The first-order valence-corrected chi connectivity index (χ1v) is 14.9. The zero-order chi connectivity index (χ0) is 29.5. The van der Waals surface area contributed by atoms with E-state index < -0.39 is 0 Å². The second kappa shape index (κ2) is 11.4. The molecular weight excluding hydrogens is 544 g/mol. The molecule has 3 fully saturated rings. The number of fused-ring (bicyclic) bond motifs is 3. The average Bonchev–Trinajstić information content (AvgIpc) is 3.48. The highest BCUT2D eigenvalue weighted by Crippen LogP contribution is 2.41. The zero-order valence-electron chi connectivity index (χ0n) is 24.3. The van der Waals surface area contributed by atoms with Crippen LogP contribution in [0.1, 0.15) is 35.2 Å². The summed E-state index contributed by atoms with van der Waals surface area (Å²) in [5, 5.41) is 13.1. The van der Waals surface area contributed by atoms with Crippen LogP contribution in [-0.2, 0) is 4.74 Å². The van der Waals surface area contributed by atoms with Gasteiger partial charge in [0.25, 0.3) is 5.91 Å². The fourth-order valence-electron chi connectivity index (χ4n) is 6.79. The molecule has 43 heavy (non-hydrogen) atoms. The summed E-state index contributed by atoms with van der Waals surface area (Å²) in [6.07, 6.45) is 4.57. The van der Waals surface area contributed by atoms with Gasteiger partial charge >= 0.3 is 0 Å². The molecule has 220 valence electrons. The van der Waals surface area contributed by atoms with Gasteiger partial charge in [-0.25, -0.2) is 0 Å². The van der Waals surface area contributed by atoms with Crippen molar-refractivity contribution in [2.45, 2.75) is 31.4 Å². The molecule has 4 aromatic rings. The molecular formula is C34H34N4O5. The lowest BCUT2D eigenvalue weighted by Crippen LogP contribution is -2.63. The number of ether oxygens (including phenoxy) is 3. The number of methoxy groups -OCH3 is 1. The van der Waals surface area contributed by atoms with Crippen molar-refractivity contribution in [3.63, 3.8) is 0 Å². The minimum atomic E-state index is -0.0831. The Hall–Kier alpha value is -4.39. The van der Waals surface area contributed by atoms with Gasteiger partial charge in [0, 0.05) is 55.4 Å². The number of hydrogen-bond donors (Lipinski definition) is 1. The van der Waals surface area contributed by atoms with Gasteiger partial charge in [-0.3, -0.25) is 9.78 Å². The molecule has 1 aliphatic carbocycles. The predicted octanol–water partition coefficient (Wildman–Crippen LogP) is 5.28. The standard InChI is InChI=1S/C34H34N4O5/c1-38-18-23-14-24(19-38)32(23)37-34(39)21-3-5-27(30(15-21)40-2)31-16-28-33(43-31)26(7-10-36-28)20-4-6-29(22(13-20)17-35)42-25-8-11-41-12-9-25/h3-7,10,13,15-16,23-25,32H,8-9,11-12,14,18-19H2,1-2H3,(H,37,39)/t23-,24+,32+. The van der Waals surface area contributed by atoms with E-state index in [2.05, 4.69) is 28.3 Å². The number of carbonyl (C=O) groups excluding carboxylic acids is 1. The Bertz CT molecular complexity index is 1710. The van der Waals surface area contributed by atoms with Gasteiger partial charge in [-0.05, 0) is 67.3 Å². The number of pyridine rings is 1. The maximum absolute atomic E-state index is 13.2. The number of carbonyl (C=O) groups is 1. The Balaban J connectivity index is 1.15. The van der Waals surface area contributed by atoms with Crippen LogP contribution in [0.4, 0.5) is 0 Å². The molecule has 3 aliphatic rings. The molecule has 4 heterocycles. The van der Waals surface area contributed by atoms with Crippen LogP contribution in [0, 0.1) is 23.2 Å². The molecule has 2 saturated heterocycles. The van der Waals surface area contributed by atoms with Crippen LogP contribution in [-0.4, -0.2) is 68.4 Å². The second-order valence-electron chi connectivity index (χ2n) is 11.8. The fraction of sp³-hybridized carbons (Fsp3) is 0.382. The van der Waals surface area contributed by atoms with Crippen molar-refractivity contribution in [2.75, 3.05) is 40.5 Å². The summed E-state index contributed by atoms with van der Waals surface area (Å²) in [6, 6.07) is 17.3. The van der Waals surface area contributed by atoms with Crippen LogP contribution < -0.4 is 14.8 Å². The van der Waals surface area contributed by atoms with Crippen LogP contribution >= 0.6 is 0 Å². The van der Waals surface area contributed by atoms with Crippen molar-refractivity contribution >= 4 is 17.0 Å². The fourth-order valence-corrected chi connectivity index (χ4v) is 6.79. The van der Waals surface area contributed by atoms with Gasteiger partial charge in [-0.15, -0.1) is 0 Å². The first-order valence-electron chi connectivity index (χ1n) is 14.9. The molecule has 1 saturated carbocycles. The molecule has 2 aromatic heterocycles. The monoisotopic (exact) mass is 578 g/mol. The van der Waals surface area contributed by atoms with Gasteiger partial charge in [0.2, 0.25) is 0 Å². The summed E-state index contributed by atoms with van der Waals surface area (Å²) < 4.78 is 23.7. The van der Waals surface area contributed by atoms with Crippen molar-refractivity contribution in [1.29, 1.82) is 5.26 Å². The van der Waals surface area contributed by atoms with Crippen LogP contribution in [0.25, 0.3) is 33.6 Å². The summed E-state index contributed by atoms with van der Waals surface area (Å²) in [7, 11) is 3.73. The molecule has 9 heteroatoms. The lowest BCUT2D eigenvalue weighted by molar-refractivity contribution is -0.000568. The number of amides is 1. The van der Waals surface area contributed by atoms with Crippen LogP contribution in [0.5, 0.6) is 11.5 Å². The normalized spacial score (nSPS) is 22.0. The zero-order valence-corrected chi connectivity index (χ0v) is 24.3. The molecule has 0 unspecified atom stereocenters. The van der Waals surface area contributed by atoms with E-state index in [0.29, 0.717) is 64.5 Å². The average molecular weight is 579 g/mol. The number of furan rings is 1. The molecule has 2 aromatic carbocycles. The molecule has 3 atom stereocenters. The molecule has 1 N–H and O–H groups in total. The number of nitriles is 1. The summed E-state index contributed by atoms with van der Waals surface area (Å²) >= 11 is 0. The number of rotatable bonds is 7. The van der Waals surface area contributed by atoms with Crippen molar-refractivity contribution in [1.82, 2.24) is 15.2 Å². The van der Waals surface area contributed by atoms with Gasteiger partial charge in [0.15, 0.2) is 5.58 Å². The molecule has 2 bridgehead atoms. The van der Waals surface area contributed by atoms with E-state index in [9.17, 15) is 10.1 Å². The smallest absolute Gasteiger partial charge is 0.251 e. The van der Waals surface area contributed by atoms with Crippen LogP contribution in [0.2, 0.25) is 0 Å². The Morgan fingerprint density at radius 2 is 1.86 bits per heavy atom. The number of benzene rings is 2. The minimum Gasteiger partial charge on any atom is -0.496 e. The molecule has 1 amide bonds. The first-order chi connectivity index (χ1) is 21.0. The van der Waals surface area contributed by atoms with Gasteiger partial charge in [-0.2, -0.15) is 5.26 Å². The van der Waals surface area contributed by atoms with Crippen molar-refractivity contribution in [2.24, 2.45) is 11.8 Å². The maximum atomic E-state index is 13.2. The molecule has 2 aliphatic heterocycles. The summed E-state index contributed by atoms with van der Waals surface area (Å²) in [5.74, 6) is 2.65. The van der Waals surface area contributed by atoms with E-state index in [4.69, 9.17) is 18.6 Å². The van der Waals surface area contributed by atoms with Gasteiger partial charge < -0.3 is 28.8 Å². The number of piperidine rings is 2. The Morgan fingerprint density at radius 1 is 1.05 bits per heavy atom. The third-order valence-corrected chi connectivity index (χ3v) is 9.03. The Labute approximate surface area is 250 Å². The van der Waals surface area contributed by atoms with Crippen LogP contribution in [0.3, 0.4) is 0 Å². The highest BCUT2D eigenvalue weighted by molar-refractivity contribution is 5.97. The Kier molecular flexibility index (Phi) is 7.25. The molecule has 9 nitrogen and oxygen atoms in total. The second-order valence-corrected chi connectivity index (χ2v) is 11.8. The van der Waals surface area contributed by atoms with Crippen molar-refractivity contribution < 1.29 is 23.4 Å². The van der Waals surface area contributed by atoms with Crippen LogP contribution in [0.15, 0.2) is 59.1 Å². The van der Waals surface area contributed by atoms with E-state index in [-0.39, 0.29) is 18.1 Å².